The molecule has 0 radical (unpaired) electrons. The molecule has 0 spiro atoms. The van der Waals surface area contributed by atoms with Crippen LogP contribution in [0.25, 0.3) is 0 Å². The first-order chi connectivity index (χ1) is 4.68. The Bertz CT molecular complexity index is 128. The van der Waals surface area contributed by atoms with Gasteiger partial charge in [0, 0.05) is 38.9 Å². The Labute approximate surface area is 76.6 Å². The molecule has 0 aliphatic carbocycles. The Morgan fingerprint density at radius 2 is 2.30 bits per heavy atom. The molecule has 10 heavy (non-hydrogen) atoms. The highest BCUT2D eigenvalue weighted by Gasteiger charge is 2.19. The number of nitrogens with zero attached hydrogens (tertiary/aromatic N) is 2. The van der Waals surface area contributed by atoms with Crippen molar-refractivity contribution in [3.8, 4) is 6.07 Å². The van der Waals surface area contributed by atoms with E-state index in [2.05, 4.69) is 32.3 Å². The van der Waals surface area contributed by atoms with Crippen molar-refractivity contribution in [1.29, 1.82) is 5.26 Å². The van der Waals surface area contributed by atoms with Crippen LogP contribution in [0.1, 0.15) is 6.42 Å². The second-order valence-corrected chi connectivity index (χ2v) is 3.84. The van der Waals surface area contributed by atoms with Crippen LogP contribution in [0.5, 0.6) is 0 Å². The molecule has 0 rings (SSSR count). The second kappa shape index (κ2) is 6.13. The first-order valence-corrected chi connectivity index (χ1v) is 3.87. The SMILES string of the molecule is N#CCCOB(O)N(Br)Br. The van der Waals surface area contributed by atoms with Gasteiger partial charge < -0.3 is 9.68 Å². The first-order valence-electron chi connectivity index (χ1n) is 2.46. The first kappa shape index (κ1) is 10.4. The standard InChI is InChI=1S/C3H5BBr2N2O2/c5-8(6)4(9)10-3-1-2-7/h9H,1,3H2. The maximum Gasteiger partial charge on any atom is 0.576 e. The van der Waals surface area contributed by atoms with Crippen molar-refractivity contribution >= 4 is 39.5 Å². The van der Waals surface area contributed by atoms with E-state index in [1.807, 2.05) is 6.07 Å². The van der Waals surface area contributed by atoms with Crippen LogP contribution in [0, 0.1) is 11.3 Å². The summed E-state index contributed by atoms with van der Waals surface area (Å²) in [5.41, 5.74) is 0. The van der Waals surface area contributed by atoms with Crippen molar-refractivity contribution in [2.24, 2.45) is 0 Å². The van der Waals surface area contributed by atoms with Gasteiger partial charge >= 0.3 is 7.25 Å². The van der Waals surface area contributed by atoms with Gasteiger partial charge in [0.1, 0.15) is 0 Å². The third-order valence-electron chi connectivity index (χ3n) is 0.648. The van der Waals surface area contributed by atoms with Gasteiger partial charge in [0.25, 0.3) is 0 Å². The normalized spacial score (nSPS) is 9.50. The molecule has 0 saturated carbocycles. The number of hydrogen-bond acceptors (Lipinski definition) is 4. The monoisotopic (exact) mass is 270 g/mol. The molecule has 4 nitrogen and oxygen atoms in total. The topological polar surface area (TPSA) is 56.5 Å². The van der Waals surface area contributed by atoms with E-state index in [1.165, 1.54) is 0 Å². The van der Waals surface area contributed by atoms with Gasteiger partial charge in [0.15, 0.2) is 0 Å². The molecule has 0 fully saturated rings. The van der Waals surface area contributed by atoms with Crippen LogP contribution in [-0.4, -0.2) is 21.7 Å². The lowest BCUT2D eigenvalue weighted by Gasteiger charge is -2.07. The number of nitriles is 1. The summed E-state index contributed by atoms with van der Waals surface area (Å²) in [4.78, 5) is 0. The lowest BCUT2D eigenvalue weighted by molar-refractivity contribution is 0.253. The van der Waals surface area contributed by atoms with Crippen molar-refractivity contribution in [3.63, 3.8) is 0 Å². The maximum atomic E-state index is 8.85. The predicted molar refractivity (Wildman–Crippen MR) is 43.8 cm³/mol. The minimum Gasteiger partial charge on any atom is -0.412 e. The fraction of sp³-hybridized carbons (Fsp3) is 0.667. The summed E-state index contributed by atoms with van der Waals surface area (Å²) in [6.45, 7) is 0.214. The van der Waals surface area contributed by atoms with Gasteiger partial charge in [-0.15, -0.1) is 0 Å². The van der Waals surface area contributed by atoms with Gasteiger partial charge in [-0.25, -0.2) is 0 Å². The number of hydrogen-bond donors (Lipinski definition) is 1. The number of halogens is 2. The van der Waals surface area contributed by atoms with Crippen LogP contribution in [0.2, 0.25) is 0 Å². The van der Waals surface area contributed by atoms with E-state index in [0.29, 0.717) is 0 Å². The predicted octanol–water partition coefficient (Wildman–Crippen LogP) is 0.816. The van der Waals surface area contributed by atoms with Crippen molar-refractivity contribution < 1.29 is 9.68 Å². The summed E-state index contributed by atoms with van der Waals surface area (Å²) in [6, 6.07) is 1.88. The van der Waals surface area contributed by atoms with E-state index in [0.717, 1.165) is 2.86 Å². The lowest BCUT2D eigenvalue weighted by Crippen LogP contribution is -2.28. The molecule has 0 atom stereocenters. The molecular formula is C3H5BBr2N2O2. The van der Waals surface area contributed by atoms with E-state index < -0.39 is 7.25 Å². The molecule has 7 heteroatoms. The van der Waals surface area contributed by atoms with Crippen LogP contribution in [0.4, 0.5) is 0 Å². The van der Waals surface area contributed by atoms with E-state index >= 15 is 0 Å². The van der Waals surface area contributed by atoms with E-state index in [-0.39, 0.29) is 13.0 Å². The molecule has 0 saturated heterocycles. The highest BCUT2D eigenvalue weighted by atomic mass is 79.9. The molecule has 0 aromatic heterocycles. The van der Waals surface area contributed by atoms with E-state index in [1.54, 1.807) is 0 Å². The molecule has 56 valence electrons. The minimum absolute atomic E-state index is 0.214. The van der Waals surface area contributed by atoms with Crippen molar-refractivity contribution in [1.82, 2.24) is 2.86 Å². The van der Waals surface area contributed by atoms with Crippen LogP contribution in [0.15, 0.2) is 0 Å². The second-order valence-electron chi connectivity index (χ2n) is 1.36. The smallest absolute Gasteiger partial charge is 0.412 e. The van der Waals surface area contributed by atoms with Gasteiger partial charge in [-0.2, -0.15) is 8.12 Å². The Balaban J connectivity index is 3.23. The highest BCUT2D eigenvalue weighted by molar-refractivity contribution is 9.21. The van der Waals surface area contributed by atoms with Gasteiger partial charge in [-0.05, 0) is 0 Å². The van der Waals surface area contributed by atoms with E-state index in [9.17, 15) is 0 Å². The summed E-state index contributed by atoms with van der Waals surface area (Å²) in [5, 5.41) is 16.9. The molecule has 0 unspecified atom stereocenters. The Morgan fingerprint density at radius 3 is 2.70 bits per heavy atom. The molecule has 0 amide bonds. The molecule has 0 bridgehead atoms. The zero-order chi connectivity index (χ0) is 7.98. The molecular weight excluding hydrogens is 267 g/mol. The quantitative estimate of drug-likeness (QED) is 0.467. The van der Waals surface area contributed by atoms with Crippen LogP contribution in [0.3, 0.4) is 0 Å². The summed E-state index contributed by atoms with van der Waals surface area (Å²) in [7, 11) is -1.06. The zero-order valence-electron chi connectivity index (χ0n) is 5.00. The van der Waals surface area contributed by atoms with E-state index in [4.69, 9.17) is 14.9 Å². The summed E-state index contributed by atoms with van der Waals surface area (Å²) in [6.07, 6.45) is 0.269. The highest BCUT2D eigenvalue weighted by Crippen LogP contribution is 2.07. The van der Waals surface area contributed by atoms with Crippen molar-refractivity contribution in [3.05, 3.63) is 0 Å². The van der Waals surface area contributed by atoms with Crippen molar-refractivity contribution in [2.75, 3.05) is 6.61 Å². The fourth-order valence-corrected chi connectivity index (χ4v) is 0.503. The third kappa shape index (κ3) is 5.20. The average Bonchev–Trinajstić information content (AvgIpc) is 1.88. The van der Waals surface area contributed by atoms with Gasteiger partial charge in [-0.1, -0.05) is 0 Å². The molecule has 0 heterocycles. The van der Waals surface area contributed by atoms with Gasteiger partial charge in [-0.3, -0.25) is 0 Å². The summed E-state index contributed by atoms with van der Waals surface area (Å²) in [5.74, 6) is 0. The third-order valence-corrected chi connectivity index (χ3v) is 1.35. The Hall–Kier alpha value is 0.395. The summed E-state index contributed by atoms with van der Waals surface area (Å²) >= 11 is 5.77. The molecule has 0 aliphatic heterocycles. The lowest BCUT2D eigenvalue weighted by atomic mass is 10.2. The molecule has 0 aromatic carbocycles. The molecule has 0 aromatic rings. The minimum atomic E-state index is -1.06. The molecule has 1 N–H and O–H groups in total. The van der Waals surface area contributed by atoms with Crippen molar-refractivity contribution in [2.45, 2.75) is 6.42 Å². The molecule has 0 aliphatic rings. The van der Waals surface area contributed by atoms with Gasteiger partial charge in [0.2, 0.25) is 0 Å². The summed E-state index contributed by atoms with van der Waals surface area (Å²) < 4.78 is 5.85. The fourth-order valence-electron chi connectivity index (χ4n) is 0.266. The van der Waals surface area contributed by atoms with Crippen LogP contribution in [-0.2, 0) is 4.65 Å². The Morgan fingerprint density at radius 1 is 1.70 bits per heavy atom. The van der Waals surface area contributed by atoms with Gasteiger partial charge in [0.05, 0.1) is 12.5 Å². The number of rotatable bonds is 4. The largest absolute Gasteiger partial charge is 0.576 e. The average molecular weight is 272 g/mol. The van der Waals surface area contributed by atoms with Crippen LogP contribution < -0.4 is 0 Å². The van der Waals surface area contributed by atoms with Crippen LogP contribution >= 0.6 is 32.3 Å². The zero-order valence-corrected chi connectivity index (χ0v) is 8.17. The maximum absolute atomic E-state index is 8.85. The Kier molecular flexibility index (Phi) is 6.37.